The van der Waals surface area contributed by atoms with Crippen molar-refractivity contribution in [2.24, 2.45) is 0 Å². The number of carbonyl (C=O) groups excluding carboxylic acids is 2. The van der Waals surface area contributed by atoms with Crippen molar-refractivity contribution >= 4 is 34.9 Å². The fraction of sp³-hybridized carbons (Fsp3) is 0.333. The highest BCUT2D eigenvalue weighted by atomic mass is 35.5. The Bertz CT molecular complexity index is 1220. The molecule has 0 spiro atoms. The predicted molar refractivity (Wildman–Crippen MR) is 139 cm³/mol. The molecule has 1 saturated heterocycles. The SMILES string of the molecule is CN1CCc2ccc(C(=O)N3CC(NC(=O)Oc4ccc(Cl)s4)C(c4ccccc4)C3)cc2CC1. The standard InChI is InChI=1S/C27H28ClN3O3S/c1-30-13-11-18-7-8-21(15-20(18)12-14-30)26(32)31-16-22(19-5-3-2-4-6-19)23(17-31)29-27(33)34-25-10-9-24(28)35-25/h2-10,15,22-23H,11-14,16-17H2,1H3,(H,29,33). The Kier molecular flexibility index (Phi) is 7.09. The van der Waals surface area contributed by atoms with Gasteiger partial charge in [0.1, 0.15) is 0 Å². The lowest BCUT2D eigenvalue weighted by atomic mass is 9.94. The molecule has 5 rings (SSSR count). The Hall–Kier alpha value is -2.87. The van der Waals surface area contributed by atoms with Gasteiger partial charge in [0.2, 0.25) is 0 Å². The molecule has 3 aromatic rings. The fourth-order valence-electron chi connectivity index (χ4n) is 4.93. The zero-order valence-electron chi connectivity index (χ0n) is 19.6. The summed E-state index contributed by atoms with van der Waals surface area (Å²) in [5, 5.41) is 3.42. The third-order valence-corrected chi connectivity index (χ3v) is 7.97. The number of rotatable bonds is 4. The molecular weight excluding hydrogens is 482 g/mol. The normalized spacial score (nSPS) is 20.2. The first-order chi connectivity index (χ1) is 17.0. The summed E-state index contributed by atoms with van der Waals surface area (Å²) < 4.78 is 5.98. The number of halogens is 1. The number of benzene rings is 2. The van der Waals surface area contributed by atoms with Crippen LogP contribution in [0.1, 0.15) is 33.0 Å². The van der Waals surface area contributed by atoms with Gasteiger partial charge in [-0.2, -0.15) is 0 Å². The molecule has 6 nitrogen and oxygen atoms in total. The Balaban J connectivity index is 1.33. The molecule has 182 valence electrons. The smallest absolute Gasteiger partial charge is 0.399 e. The number of ether oxygens (including phenoxy) is 1. The zero-order valence-corrected chi connectivity index (χ0v) is 21.1. The van der Waals surface area contributed by atoms with Crippen LogP contribution in [0.15, 0.2) is 60.7 Å². The molecule has 2 aliphatic heterocycles. The van der Waals surface area contributed by atoms with Gasteiger partial charge in [-0.25, -0.2) is 4.79 Å². The van der Waals surface area contributed by atoms with Crippen molar-refractivity contribution in [1.29, 1.82) is 0 Å². The van der Waals surface area contributed by atoms with Crippen LogP contribution in [0.3, 0.4) is 0 Å². The van der Waals surface area contributed by atoms with E-state index < -0.39 is 6.09 Å². The van der Waals surface area contributed by atoms with Crippen LogP contribution in [0.2, 0.25) is 4.34 Å². The minimum absolute atomic E-state index is 0.00552. The van der Waals surface area contributed by atoms with Crippen molar-refractivity contribution in [2.45, 2.75) is 24.8 Å². The molecule has 3 heterocycles. The summed E-state index contributed by atoms with van der Waals surface area (Å²) in [7, 11) is 2.14. The third kappa shape index (κ3) is 5.53. The van der Waals surface area contributed by atoms with Crippen LogP contribution >= 0.6 is 22.9 Å². The Morgan fingerprint density at radius 1 is 1.00 bits per heavy atom. The Labute approximate surface area is 214 Å². The van der Waals surface area contributed by atoms with Gasteiger partial charge < -0.3 is 19.9 Å². The second kappa shape index (κ2) is 10.4. The molecule has 2 unspecified atom stereocenters. The summed E-state index contributed by atoms with van der Waals surface area (Å²) in [4.78, 5) is 30.4. The maximum Gasteiger partial charge on any atom is 0.413 e. The molecule has 0 aliphatic carbocycles. The highest BCUT2D eigenvalue weighted by molar-refractivity contribution is 7.17. The molecule has 0 saturated carbocycles. The fourth-order valence-corrected chi connectivity index (χ4v) is 5.80. The summed E-state index contributed by atoms with van der Waals surface area (Å²) in [6.45, 7) is 2.97. The minimum atomic E-state index is -0.544. The number of likely N-dealkylation sites (N-methyl/N-ethyl adjacent to an activating group) is 1. The van der Waals surface area contributed by atoms with Gasteiger partial charge in [-0.1, -0.05) is 59.3 Å². The topological polar surface area (TPSA) is 61.9 Å². The summed E-state index contributed by atoms with van der Waals surface area (Å²) in [6, 6.07) is 19.2. The van der Waals surface area contributed by atoms with Gasteiger partial charge in [-0.15, -0.1) is 0 Å². The van der Waals surface area contributed by atoms with E-state index in [1.165, 1.54) is 22.5 Å². The van der Waals surface area contributed by atoms with E-state index in [1.54, 1.807) is 12.1 Å². The lowest BCUT2D eigenvalue weighted by Gasteiger charge is -2.19. The molecule has 1 aromatic heterocycles. The Morgan fingerprint density at radius 3 is 2.51 bits per heavy atom. The van der Waals surface area contributed by atoms with Crippen LogP contribution < -0.4 is 10.1 Å². The maximum atomic E-state index is 13.5. The number of carbonyl (C=O) groups is 2. The van der Waals surface area contributed by atoms with Crippen LogP contribution in [0.5, 0.6) is 5.06 Å². The highest BCUT2D eigenvalue weighted by Gasteiger charge is 2.38. The van der Waals surface area contributed by atoms with Gasteiger partial charge >= 0.3 is 6.09 Å². The molecule has 0 bridgehead atoms. The summed E-state index contributed by atoms with van der Waals surface area (Å²) >= 11 is 7.15. The van der Waals surface area contributed by atoms with Crippen molar-refractivity contribution in [2.75, 3.05) is 33.2 Å². The van der Waals surface area contributed by atoms with Crippen molar-refractivity contribution in [3.05, 3.63) is 87.3 Å². The number of nitrogens with one attached hydrogen (secondary N) is 1. The van der Waals surface area contributed by atoms with E-state index in [0.717, 1.165) is 31.5 Å². The highest BCUT2D eigenvalue weighted by Crippen LogP contribution is 2.31. The minimum Gasteiger partial charge on any atom is -0.399 e. The average molecular weight is 510 g/mol. The van der Waals surface area contributed by atoms with Crippen LogP contribution in [0, 0.1) is 0 Å². The largest absolute Gasteiger partial charge is 0.413 e. The van der Waals surface area contributed by atoms with Crippen molar-refractivity contribution < 1.29 is 14.3 Å². The first kappa shape index (κ1) is 23.9. The van der Waals surface area contributed by atoms with E-state index >= 15 is 0 Å². The molecule has 8 heteroatoms. The van der Waals surface area contributed by atoms with E-state index in [4.69, 9.17) is 16.3 Å². The monoisotopic (exact) mass is 509 g/mol. The molecule has 35 heavy (non-hydrogen) atoms. The van der Waals surface area contributed by atoms with Gasteiger partial charge in [-0.3, -0.25) is 4.79 Å². The van der Waals surface area contributed by atoms with Gasteiger partial charge in [0, 0.05) is 37.7 Å². The third-order valence-electron chi connectivity index (χ3n) is 6.86. The van der Waals surface area contributed by atoms with Crippen LogP contribution in [-0.2, 0) is 12.8 Å². The van der Waals surface area contributed by atoms with E-state index in [9.17, 15) is 9.59 Å². The second-order valence-electron chi connectivity index (χ2n) is 9.21. The van der Waals surface area contributed by atoms with Crippen LogP contribution in [-0.4, -0.2) is 61.1 Å². The summed E-state index contributed by atoms with van der Waals surface area (Å²) in [5.74, 6) is -0.0388. The molecule has 2 amide bonds. The quantitative estimate of drug-likeness (QED) is 0.547. The molecular formula is C27H28ClN3O3S. The number of fused-ring (bicyclic) bond motifs is 1. The maximum absolute atomic E-state index is 13.5. The number of thiophene rings is 1. The van der Waals surface area contributed by atoms with E-state index in [2.05, 4.69) is 29.4 Å². The number of nitrogens with zero attached hydrogens (tertiary/aromatic N) is 2. The molecule has 1 fully saturated rings. The Morgan fingerprint density at radius 2 is 1.77 bits per heavy atom. The first-order valence-electron chi connectivity index (χ1n) is 11.8. The lowest BCUT2D eigenvalue weighted by molar-refractivity contribution is 0.0787. The van der Waals surface area contributed by atoms with Gasteiger partial charge in [0.05, 0.1) is 10.4 Å². The van der Waals surface area contributed by atoms with E-state index in [-0.39, 0.29) is 17.9 Å². The summed E-state index contributed by atoms with van der Waals surface area (Å²) in [6.07, 6.45) is 1.41. The predicted octanol–water partition coefficient (Wildman–Crippen LogP) is 4.83. The summed E-state index contributed by atoms with van der Waals surface area (Å²) in [5.41, 5.74) is 4.37. The van der Waals surface area contributed by atoms with E-state index in [0.29, 0.717) is 28.1 Å². The number of hydrogen-bond acceptors (Lipinski definition) is 5. The van der Waals surface area contributed by atoms with Gasteiger partial charge in [-0.05, 0) is 60.8 Å². The average Bonchev–Trinajstić information content (AvgIpc) is 3.41. The molecule has 2 aromatic carbocycles. The molecule has 2 atom stereocenters. The molecule has 2 aliphatic rings. The first-order valence-corrected chi connectivity index (χ1v) is 13.0. The number of amides is 2. The second-order valence-corrected chi connectivity index (χ2v) is 10.9. The van der Waals surface area contributed by atoms with Crippen molar-refractivity contribution in [3.63, 3.8) is 0 Å². The zero-order chi connectivity index (χ0) is 24.4. The van der Waals surface area contributed by atoms with Gasteiger partial charge in [0.25, 0.3) is 5.91 Å². The molecule has 0 radical (unpaired) electrons. The van der Waals surface area contributed by atoms with Crippen molar-refractivity contribution in [1.82, 2.24) is 15.1 Å². The van der Waals surface area contributed by atoms with Crippen molar-refractivity contribution in [3.8, 4) is 5.06 Å². The number of likely N-dealkylation sites (tertiary alicyclic amines) is 1. The van der Waals surface area contributed by atoms with Crippen LogP contribution in [0.25, 0.3) is 0 Å². The van der Waals surface area contributed by atoms with E-state index in [1.807, 2.05) is 41.3 Å². The molecule has 1 N–H and O–H groups in total. The number of hydrogen-bond donors (Lipinski definition) is 1. The van der Waals surface area contributed by atoms with Gasteiger partial charge in [0.15, 0.2) is 5.06 Å². The van der Waals surface area contributed by atoms with Crippen LogP contribution in [0.4, 0.5) is 4.79 Å². The lowest BCUT2D eigenvalue weighted by Crippen LogP contribution is -2.41.